The van der Waals surface area contributed by atoms with Crippen molar-refractivity contribution in [1.82, 2.24) is 15.3 Å². The van der Waals surface area contributed by atoms with Crippen molar-refractivity contribution in [3.63, 3.8) is 0 Å². The van der Waals surface area contributed by atoms with Gasteiger partial charge in [0.25, 0.3) is 5.56 Å². The van der Waals surface area contributed by atoms with Gasteiger partial charge >= 0.3 is 0 Å². The molecule has 1 aliphatic rings. The largest absolute Gasteiger partial charge is 0.356 e. The van der Waals surface area contributed by atoms with Crippen molar-refractivity contribution in [1.29, 1.82) is 0 Å². The number of carbonyl (C=O) groups excluding carboxylic acids is 1. The van der Waals surface area contributed by atoms with Crippen molar-refractivity contribution in [2.45, 2.75) is 26.7 Å². The first-order chi connectivity index (χ1) is 13.6. The van der Waals surface area contributed by atoms with Crippen LogP contribution in [-0.2, 0) is 4.79 Å². The molecule has 0 saturated carbocycles. The molecule has 0 radical (unpaired) electrons. The number of aromatic amines is 1. The van der Waals surface area contributed by atoms with Crippen LogP contribution in [0.25, 0.3) is 21.3 Å². The van der Waals surface area contributed by atoms with E-state index in [2.05, 4.69) is 41.5 Å². The van der Waals surface area contributed by atoms with Crippen molar-refractivity contribution < 1.29 is 4.79 Å². The van der Waals surface area contributed by atoms with Crippen LogP contribution in [0.1, 0.15) is 25.3 Å². The van der Waals surface area contributed by atoms with Crippen LogP contribution in [0.2, 0.25) is 0 Å². The van der Waals surface area contributed by atoms with Crippen LogP contribution < -0.4 is 15.8 Å². The third-order valence-electron chi connectivity index (χ3n) is 5.22. The average molecular weight is 397 g/mol. The summed E-state index contributed by atoms with van der Waals surface area (Å²) >= 11 is 1.42. The second-order valence-electron chi connectivity index (χ2n) is 7.26. The Morgan fingerprint density at radius 1 is 1.36 bits per heavy atom. The van der Waals surface area contributed by atoms with E-state index in [1.54, 1.807) is 0 Å². The topological polar surface area (TPSA) is 78.1 Å². The highest BCUT2D eigenvalue weighted by atomic mass is 32.1. The summed E-state index contributed by atoms with van der Waals surface area (Å²) in [6, 6.07) is 8.25. The number of fused-ring (bicyclic) bond motifs is 1. The first-order valence-electron chi connectivity index (χ1n) is 9.68. The number of nitrogens with zero attached hydrogens (tertiary/aromatic N) is 2. The van der Waals surface area contributed by atoms with Crippen molar-refractivity contribution in [3.8, 4) is 11.1 Å². The summed E-state index contributed by atoms with van der Waals surface area (Å²) in [6.07, 6.45) is 1.76. The molecule has 2 aromatic heterocycles. The van der Waals surface area contributed by atoms with Crippen LogP contribution in [0, 0.1) is 12.8 Å². The predicted octanol–water partition coefficient (Wildman–Crippen LogP) is 3.31. The number of benzene rings is 1. The molecule has 0 bridgehead atoms. The van der Waals surface area contributed by atoms with Gasteiger partial charge in [-0.3, -0.25) is 14.6 Å². The highest BCUT2D eigenvalue weighted by Crippen LogP contribution is 2.32. The number of hydrogen-bond donors (Lipinski definition) is 2. The fourth-order valence-corrected chi connectivity index (χ4v) is 4.61. The second-order valence-corrected chi connectivity index (χ2v) is 8.14. The number of aryl methyl sites for hydroxylation is 1. The maximum Gasteiger partial charge on any atom is 0.270 e. The van der Waals surface area contributed by atoms with Crippen LogP contribution >= 0.6 is 11.3 Å². The summed E-state index contributed by atoms with van der Waals surface area (Å²) in [4.78, 5) is 34.7. The molecule has 1 aliphatic heterocycles. The van der Waals surface area contributed by atoms with Crippen LogP contribution in [0.3, 0.4) is 0 Å². The zero-order chi connectivity index (χ0) is 19.7. The third kappa shape index (κ3) is 3.54. The third-order valence-corrected chi connectivity index (χ3v) is 6.19. The molecule has 1 atom stereocenters. The first kappa shape index (κ1) is 18.7. The van der Waals surface area contributed by atoms with E-state index in [-0.39, 0.29) is 17.4 Å². The molecule has 28 heavy (non-hydrogen) atoms. The molecule has 1 aromatic carbocycles. The Kier molecular flexibility index (Phi) is 5.17. The maximum absolute atomic E-state index is 12.7. The van der Waals surface area contributed by atoms with E-state index >= 15 is 0 Å². The van der Waals surface area contributed by atoms with E-state index in [0.29, 0.717) is 23.7 Å². The van der Waals surface area contributed by atoms with Gasteiger partial charge < -0.3 is 10.2 Å². The lowest BCUT2D eigenvalue weighted by atomic mass is 9.97. The quantitative estimate of drug-likeness (QED) is 0.709. The lowest BCUT2D eigenvalue weighted by Crippen LogP contribution is -2.44. The van der Waals surface area contributed by atoms with E-state index < -0.39 is 0 Å². The highest BCUT2D eigenvalue weighted by Gasteiger charge is 2.27. The monoisotopic (exact) mass is 396 g/mol. The van der Waals surface area contributed by atoms with Gasteiger partial charge in [-0.05, 0) is 32.3 Å². The van der Waals surface area contributed by atoms with Gasteiger partial charge in [-0.1, -0.05) is 29.8 Å². The lowest BCUT2D eigenvalue weighted by Gasteiger charge is -2.32. The minimum Gasteiger partial charge on any atom is -0.356 e. The molecular formula is C21H24N4O2S. The van der Waals surface area contributed by atoms with Crippen LogP contribution in [-0.4, -0.2) is 35.5 Å². The molecule has 3 heterocycles. The van der Waals surface area contributed by atoms with E-state index in [0.717, 1.165) is 36.0 Å². The molecule has 3 aromatic rings. The van der Waals surface area contributed by atoms with Gasteiger partial charge in [0.2, 0.25) is 11.9 Å². The Morgan fingerprint density at radius 3 is 2.89 bits per heavy atom. The minimum atomic E-state index is -0.122. The number of nitrogens with one attached hydrogen (secondary N) is 2. The molecule has 0 unspecified atom stereocenters. The molecule has 6 nitrogen and oxygen atoms in total. The molecule has 2 N–H and O–H groups in total. The SMILES string of the molecule is CCNC(=O)[C@@H]1CCCN(c2nc3c(-c4ccc(C)cc4)csc3c(=O)[nH]2)C1. The van der Waals surface area contributed by atoms with Crippen LogP contribution in [0.5, 0.6) is 0 Å². The summed E-state index contributed by atoms with van der Waals surface area (Å²) in [6.45, 7) is 5.97. The molecule has 1 fully saturated rings. The Hall–Kier alpha value is -2.67. The molecule has 4 rings (SSSR count). The highest BCUT2D eigenvalue weighted by molar-refractivity contribution is 7.17. The van der Waals surface area contributed by atoms with Crippen LogP contribution in [0.4, 0.5) is 5.95 Å². The number of amides is 1. The van der Waals surface area contributed by atoms with Gasteiger partial charge in [0, 0.05) is 30.6 Å². The maximum atomic E-state index is 12.7. The zero-order valence-corrected chi connectivity index (χ0v) is 16.9. The van der Waals surface area contributed by atoms with Crippen molar-refractivity contribution in [3.05, 3.63) is 45.6 Å². The fraction of sp³-hybridized carbons (Fsp3) is 0.381. The summed E-state index contributed by atoms with van der Waals surface area (Å²) in [5.74, 6) is 0.554. The molecule has 1 saturated heterocycles. The number of hydrogen-bond acceptors (Lipinski definition) is 5. The number of rotatable bonds is 4. The van der Waals surface area contributed by atoms with E-state index in [1.807, 2.05) is 17.2 Å². The zero-order valence-electron chi connectivity index (χ0n) is 16.1. The van der Waals surface area contributed by atoms with Gasteiger partial charge in [0.05, 0.1) is 11.4 Å². The fourth-order valence-electron chi connectivity index (χ4n) is 3.71. The molecule has 146 valence electrons. The van der Waals surface area contributed by atoms with Crippen molar-refractivity contribution in [2.75, 3.05) is 24.5 Å². The van der Waals surface area contributed by atoms with Crippen LogP contribution in [0.15, 0.2) is 34.4 Å². The predicted molar refractivity (Wildman–Crippen MR) is 114 cm³/mol. The first-order valence-corrected chi connectivity index (χ1v) is 10.6. The summed E-state index contributed by atoms with van der Waals surface area (Å²) in [5, 5.41) is 4.90. The second kappa shape index (κ2) is 7.75. The molecule has 0 aliphatic carbocycles. The molecule has 0 spiro atoms. The van der Waals surface area contributed by atoms with Crippen molar-refractivity contribution >= 4 is 33.4 Å². The summed E-state index contributed by atoms with van der Waals surface area (Å²) < 4.78 is 0.636. The standard InChI is InChI=1S/C21H24N4O2S/c1-3-22-19(26)15-5-4-10-25(11-15)21-23-17-16(12-28-18(17)20(27)24-21)14-8-6-13(2)7-9-14/h6-9,12,15H,3-5,10-11H2,1-2H3,(H,22,26)(H,23,24,27)/t15-/m1/s1. The van der Waals surface area contributed by atoms with E-state index in [4.69, 9.17) is 4.98 Å². The van der Waals surface area contributed by atoms with Gasteiger partial charge in [0.1, 0.15) is 4.70 Å². The Balaban J connectivity index is 1.70. The number of piperidine rings is 1. The summed E-state index contributed by atoms with van der Waals surface area (Å²) in [5.41, 5.74) is 3.83. The lowest BCUT2D eigenvalue weighted by molar-refractivity contribution is -0.125. The normalized spacial score (nSPS) is 17.1. The molecular weight excluding hydrogens is 372 g/mol. The molecule has 1 amide bonds. The van der Waals surface area contributed by atoms with Gasteiger partial charge in [-0.2, -0.15) is 0 Å². The Bertz CT molecular complexity index is 1050. The van der Waals surface area contributed by atoms with Crippen molar-refractivity contribution in [2.24, 2.45) is 5.92 Å². The number of anilines is 1. The van der Waals surface area contributed by atoms with Gasteiger partial charge in [-0.15, -0.1) is 11.3 Å². The number of thiophene rings is 1. The Morgan fingerprint density at radius 2 is 2.14 bits per heavy atom. The Labute approximate surface area is 167 Å². The van der Waals surface area contributed by atoms with Gasteiger partial charge in [-0.25, -0.2) is 4.98 Å². The number of H-pyrrole nitrogens is 1. The van der Waals surface area contributed by atoms with E-state index in [9.17, 15) is 9.59 Å². The van der Waals surface area contributed by atoms with E-state index in [1.165, 1.54) is 16.9 Å². The molecule has 7 heteroatoms. The summed E-state index contributed by atoms with van der Waals surface area (Å²) in [7, 11) is 0. The smallest absolute Gasteiger partial charge is 0.270 e. The van der Waals surface area contributed by atoms with Gasteiger partial charge in [0.15, 0.2) is 0 Å². The minimum absolute atomic E-state index is 0.0752. The number of aromatic nitrogens is 2. The number of carbonyl (C=O) groups is 1. The average Bonchev–Trinajstić information content (AvgIpc) is 3.13.